The lowest BCUT2D eigenvalue weighted by atomic mass is 10.4. The molecule has 0 bridgehead atoms. The first-order valence-electron chi connectivity index (χ1n) is 5.48. The van der Waals surface area contributed by atoms with Gasteiger partial charge in [-0.05, 0) is 31.5 Å². The number of hydrogen-bond acceptors (Lipinski definition) is 2. The molecule has 0 fully saturated rings. The first-order valence-corrected chi connectivity index (χ1v) is 8.01. The lowest BCUT2D eigenvalue weighted by molar-refractivity contribution is -0.138. The summed E-state index contributed by atoms with van der Waals surface area (Å²) in [7, 11) is -2.26. The molecule has 1 radical (unpaired) electrons. The fourth-order valence-corrected chi connectivity index (χ4v) is 3.28. The predicted molar refractivity (Wildman–Crippen MR) is 62.6 cm³/mol. The van der Waals surface area contributed by atoms with E-state index in [1.54, 1.807) is 6.92 Å². The highest BCUT2D eigenvalue weighted by molar-refractivity contribution is 6.72. The van der Waals surface area contributed by atoms with Gasteiger partial charge in [0.1, 0.15) is 0 Å². The average Bonchev–Trinajstić information content (AvgIpc) is 2.23. The molecule has 0 aliphatic heterocycles. The summed E-state index contributed by atoms with van der Waals surface area (Å²) in [5.41, 5.74) is 0.409. The molecule has 0 aromatic rings. The van der Waals surface area contributed by atoms with E-state index in [1.165, 1.54) is 0 Å². The van der Waals surface area contributed by atoms with Crippen molar-refractivity contribution in [2.24, 2.45) is 0 Å². The van der Waals surface area contributed by atoms with Crippen LogP contribution in [0.25, 0.3) is 0 Å². The van der Waals surface area contributed by atoms with Crippen molar-refractivity contribution in [3.05, 3.63) is 12.2 Å². The molecule has 15 heavy (non-hydrogen) atoms. The Labute approximate surface area is 93.3 Å². The van der Waals surface area contributed by atoms with Crippen LogP contribution in [0.5, 0.6) is 0 Å². The quantitative estimate of drug-likeness (QED) is 0.292. The van der Waals surface area contributed by atoms with Gasteiger partial charge in [-0.1, -0.05) is 20.4 Å². The number of esters is 1. The van der Waals surface area contributed by atoms with Crippen LogP contribution in [0.2, 0.25) is 18.1 Å². The highest BCUT2D eigenvalue weighted by atomic mass is 28.4. The van der Waals surface area contributed by atoms with Crippen molar-refractivity contribution in [3.63, 3.8) is 0 Å². The SMILES string of the molecule is C=C(C)C(=O)OCCC[Si]([O])(CC)CC. The van der Waals surface area contributed by atoms with Crippen molar-refractivity contribution in [1.29, 1.82) is 0 Å². The van der Waals surface area contributed by atoms with Crippen LogP contribution >= 0.6 is 0 Å². The van der Waals surface area contributed by atoms with Gasteiger partial charge in [-0.15, -0.1) is 0 Å². The van der Waals surface area contributed by atoms with E-state index >= 15 is 0 Å². The van der Waals surface area contributed by atoms with E-state index in [2.05, 4.69) is 6.58 Å². The number of carbonyl (C=O) groups excluding carboxylic acids is 1. The first kappa shape index (κ1) is 14.4. The summed E-state index contributed by atoms with van der Waals surface area (Å²) in [5.74, 6) is -0.360. The van der Waals surface area contributed by atoms with Gasteiger partial charge in [0.2, 0.25) is 8.32 Å². The molecule has 3 nitrogen and oxygen atoms in total. The maximum atomic E-state index is 12.0. The normalized spacial score (nSPS) is 11.2. The summed E-state index contributed by atoms with van der Waals surface area (Å²) in [4.78, 5) is 23.0. The summed E-state index contributed by atoms with van der Waals surface area (Å²) >= 11 is 0. The van der Waals surface area contributed by atoms with Gasteiger partial charge in [0, 0.05) is 5.57 Å². The molecule has 0 spiro atoms. The Bertz CT molecular complexity index is 222. The molecule has 0 aromatic heterocycles. The molecule has 0 atom stereocenters. The van der Waals surface area contributed by atoms with Crippen LogP contribution in [-0.2, 0) is 14.3 Å². The summed E-state index contributed by atoms with van der Waals surface area (Å²) in [5, 5.41) is 0. The van der Waals surface area contributed by atoms with E-state index < -0.39 is 8.32 Å². The molecule has 0 N–H and O–H groups in total. The van der Waals surface area contributed by atoms with Crippen LogP contribution in [0.1, 0.15) is 27.2 Å². The zero-order valence-electron chi connectivity index (χ0n) is 9.97. The molecule has 0 aliphatic rings. The highest BCUT2D eigenvalue weighted by Crippen LogP contribution is 2.19. The summed E-state index contributed by atoms with van der Waals surface area (Å²) in [6.45, 7) is 9.38. The van der Waals surface area contributed by atoms with Gasteiger partial charge in [-0.3, -0.25) is 4.80 Å². The lowest BCUT2D eigenvalue weighted by Gasteiger charge is -2.18. The van der Waals surface area contributed by atoms with E-state index in [-0.39, 0.29) is 5.97 Å². The maximum Gasteiger partial charge on any atom is 0.333 e. The molecule has 0 unspecified atom stereocenters. The van der Waals surface area contributed by atoms with Crippen LogP contribution in [0, 0.1) is 0 Å². The van der Waals surface area contributed by atoms with Gasteiger partial charge in [0.05, 0.1) is 6.61 Å². The zero-order chi connectivity index (χ0) is 11.9. The topological polar surface area (TPSA) is 46.2 Å². The van der Waals surface area contributed by atoms with E-state index in [0.29, 0.717) is 24.6 Å². The molecule has 0 heterocycles. The maximum absolute atomic E-state index is 12.0. The van der Waals surface area contributed by atoms with Crippen LogP contribution in [0.4, 0.5) is 0 Å². The Morgan fingerprint density at radius 3 is 2.27 bits per heavy atom. The van der Waals surface area contributed by atoms with E-state index in [1.807, 2.05) is 13.8 Å². The molecule has 4 heteroatoms. The van der Waals surface area contributed by atoms with E-state index in [0.717, 1.165) is 12.1 Å². The molecule has 87 valence electrons. The number of hydrogen-bond donors (Lipinski definition) is 0. The third kappa shape index (κ3) is 5.74. The van der Waals surface area contributed by atoms with Gasteiger partial charge in [0.15, 0.2) is 0 Å². The standard InChI is InChI=1S/C11H21O3Si/c1-5-15(13,6-2)9-7-8-14-11(12)10(3)4/h3,5-9H2,1-2,4H3. The molecule has 0 aliphatic carbocycles. The second kappa shape index (κ2) is 6.79. The van der Waals surface area contributed by atoms with E-state index in [4.69, 9.17) is 4.74 Å². The van der Waals surface area contributed by atoms with Crippen LogP contribution < -0.4 is 0 Å². The summed E-state index contributed by atoms with van der Waals surface area (Å²) in [6, 6.07) is 2.22. The molecule has 0 aromatic carbocycles. The number of carbonyl (C=O) groups is 1. The Morgan fingerprint density at radius 1 is 1.33 bits per heavy atom. The van der Waals surface area contributed by atoms with Crippen molar-refractivity contribution in [3.8, 4) is 0 Å². The van der Waals surface area contributed by atoms with Gasteiger partial charge in [-0.25, -0.2) is 4.79 Å². The van der Waals surface area contributed by atoms with Crippen molar-refractivity contribution >= 4 is 14.3 Å². The van der Waals surface area contributed by atoms with Gasteiger partial charge in [0.25, 0.3) is 0 Å². The average molecular weight is 229 g/mol. The first-order chi connectivity index (χ1) is 6.95. The molecular weight excluding hydrogens is 208 g/mol. The third-order valence-corrected chi connectivity index (χ3v) is 6.49. The van der Waals surface area contributed by atoms with Crippen molar-refractivity contribution in [2.75, 3.05) is 6.61 Å². The van der Waals surface area contributed by atoms with E-state index in [9.17, 15) is 9.59 Å². The van der Waals surface area contributed by atoms with Crippen LogP contribution in [0.15, 0.2) is 12.2 Å². The highest BCUT2D eigenvalue weighted by Gasteiger charge is 2.28. The predicted octanol–water partition coefficient (Wildman–Crippen LogP) is 2.91. The third-order valence-electron chi connectivity index (χ3n) is 2.65. The van der Waals surface area contributed by atoms with Crippen molar-refractivity contribution in [1.82, 2.24) is 0 Å². The van der Waals surface area contributed by atoms with Gasteiger partial charge in [-0.2, -0.15) is 0 Å². The summed E-state index contributed by atoms with van der Waals surface area (Å²) < 4.78 is 4.93. The molecule has 0 rings (SSSR count). The fraction of sp³-hybridized carbons (Fsp3) is 0.727. The fourth-order valence-electron chi connectivity index (χ4n) is 1.29. The number of rotatable bonds is 7. The summed E-state index contributed by atoms with van der Waals surface area (Å²) in [6.07, 6.45) is 0.691. The monoisotopic (exact) mass is 229 g/mol. The molecule has 0 saturated carbocycles. The molecular formula is C11H21O3Si. The Balaban J connectivity index is 3.71. The van der Waals surface area contributed by atoms with Crippen molar-refractivity contribution in [2.45, 2.75) is 45.3 Å². The lowest BCUT2D eigenvalue weighted by Crippen LogP contribution is -2.30. The van der Waals surface area contributed by atoms with Gasteiger partial charge >= 0.3 is 5.97 Å². The Kier molecular flexibility index (Phi) is 6.52. The molecule has 0 saturated heterocycles. The van der Waals surface area contributed by atoms with Gasteiger partial charge < -0.3 is 4.74 Å². The minimum atomic E-state index is -2.26. The number of ether oxygens (including phenoxy) is 1. The van der Waals surface area contributed by atoms with Crippen LogP contribution in [0.3, 0.4) is 0 Å². The van der Waals surface area contributed by atoms with Crippen LogP contribution in [-0.4, -0.2) is 20.9 Å². The second-order valence-electron chi connectivity index (χ2n) is 3.91. The van der Waals surface area contributed by atoms with Crippen molar-refractivity contribution < 1.29 is 14.3 Å². The molecule has 0 amide bonds. The second-order valence-corrected chi connectivity index (χ2v) is 8.19. The Morgan fingerprint density at radius 2 is 1.87 bits per heavy atom. The Hall–Kier alpha value is -0.613. The largest absolute Gasteiger partial charge is 0.462 e. The smallest absolute Gasteiger partial charge is 0.333 e. The minimum absolute atomic E-state index is 0.350. The minimum Gasteiger partial charge on any atom is -0.462 e. The zero-order valence-corrected chi connectivity index (χ0v) is 11.0.